The molecule has 0 fully saturated rings. The summed E-state index contributed by atoms with van der Waals surface area (Å²) in [5.41, 5.74) is 9.58. The van der Waals surface area contributed by atoms with Gasteiger partial charge in [0.05, 0.1) is 0 Å². The molecule has 26 heavy (non-hydrogen) atoms. The van der Waals surface area contributed by atoms with Crippen LogP contribution < -0.4 is 0 Å². The number of hydrogen-bond acceptors (Lipinski definition) is 0. The molecule has 0 radical (unpaired) electrons. The molecule has 0 aromatic carbocycles. The molecule has 0 bridgehead atoms. The van der Waals surface area contributed by atoms with Gasteiger partial charge in [-0.05, 0) is 12.1 Å². The summed E-state index contributed by atoms with van der Waals surface area (Å²) in [5.74, 6) is 1.42. The van der Waals surface area contributed by atoms with Gasteiger partial charge in [0.2, 0.25) is 0 Å². The Kier molecular flexibility index (Phi) is 9.40. The first-order chi connectivity index (χ1) is 11.9. The summed E-state index contributed by atoms with van der Waals surface area (Å²) >= 11 is 11.0. The van der Waals surface area contributed by atoms with Crippen molar-refractivity contribution in [1.82, 2.24) is 0 Å². The molecule has 2 rings (SSSR count). The number of allylic oxidation sites excluding steroid dienone is 8. The minimum atomic E-state index is -1.71. The van der Waals surface area contributed by atoms with E-state index in [1.807, 2.05) is 20.4 Å². The van der Waals surface area contributed by atoms with Crippen LogP contribution in [0.5, 0.6) is 0 Å². The Morgan fingerprint density at radius 3 is 1.15 bits per heavy atom. The molecule has 0 spiro atoms. The van der Waals surface area contributed by atoms with Crippen molar-refractivity contribution in [3.8, 4) is 0 Å². The van der Waals surface area contributed by atoms with Crippen molar-refractivity contribution in [2.24, 2.45) is 11.8 Å². The summed E-state index contributed by atoms with van der Waals surface area (Å²) in [5, 5.41) is 0. The average Bonchev–Trinajstić information content (AvgIpc) is 2.91. The third-order valence-electron chi connectivity index (χ3n) is 6.58. The van der Waals surface area contributed by atoms with Crippen LogP contribution in [-0.2, 0) is 23.2 Å². The van der Waals surface area contributed by atoms with Crippen LogP contribution >= 0.6 is 22.2 Å². The van der Waals surface area contributed by atoms with E-state index in [0.29, 0.717) is 11.8 Å². The molecular formula is C22H36Cl2SiZr. The van der Waals surface area contributed by atoms with Crippen molar-refractivity contribution in [2.45, 2.75) is 81.3 Å². The summed E-state index contributed by atoms with van der Waals surface area (Å²) < 4.78 is 3.64. The summed E-state index contributed by atoms with van der Waals surface area (Å²) in [4.78, 5) is 0. The fraction of sp³-hybridized carbons (Fsp3) is 0.636. The molecule has 0 aliphatic heterocycles. The second-order valence-corrected chi connectivity index (χ2v) is 19.1. The maximum absolute atomic E-state index is 5.81. The molecule has 0 saturated carbocycles. The topological polar surface area (TPSA) is 0 Å². The molecule has 0 N–H and O–H groups in total. The first-order valence-electron chi connectivity index (χ1n) is 9.81. The van der Waals surface area contributed by atoms with E-state index >= 15 is 0 Å². The van der Waals surface area contributed by atoms with Crippen molar-refractivity contribution in [2.75, 3.05) is 0 Å². The zero-order valence-corrected chi connectivity index (χ0v) is 23.3. The van der Waals surface area contributed by atoms with Gasteiger partial charge in [-0.25, -0.2) is 0 Å². The largest absolute Gasteiger partial charge is 0.250 e. The summed E-state index contributed by atoms with van der Waals surface area (Å²) in [6.07, 6.45) is 0. The van der Waals surface area contributed by atoms with Crippen molar-refractivity contribution < 1.29 is 23.2 Å². The van der Waals surface area contributed by atoms with Crippen molar-refractivity contribution in [1.29, 1.82) is 0 Å². The van der Waals surface area contributed by atoms with Gasteiger partial charge >= 0.3 is 130 Å². The van der Waals surface area contributed by atoms with Crippen LogP contribution in [0.2, 0.25) is 12.1 Å². The van der Waals surface area contributed by atoms with E-state index in [-0.39, 0.29) is 0 Å². The Bertz CT molecular complexity index is 624. The predicted molar refractivity (Wildman–Crippen MR) is 119 cm³/mol. The molecule has 2 atom stereocenters. The third-order valence-corrected chi connectivity index (χ3v) is 17.2. The second kappa shape index (κ2) is 9.91. The molecule has 0 aromatic heterocycles. The van der Waals surface area contributed by atoms with Gasteiger partial charge in [0.25, 0.3) is 6.69 Å². The normalized spacial score (nSPS) is 23.8. The van der Waals surface area contributed by atoms with Crippen LogP contribution in [-0.4, -0.2) is 6.69 Å². The van der Waals surface area contributed by atoms with Crippen LogP contribution in [0.1, 0.15) is 69.2 Å². The maximum Gasteiger partial charge on any atom is 0.250 e. The van der Waals surface area contributed by atoms with E-state index in [4.69, 9.17) is 22.2 Å². The molecule has 0 nitrogen and oxygen atoms in total. The van der Waals surface area contributed by atoms with Crippen molar-refractivity contribution >= 4 is 28.9 Å². The van der Waals surface area contributed by atoms with Crippen LogP contribution in [0, 0.1) is 11.8 Å². The Balaban J connectivity index is 0.000000412. The minimum Gasteiger partial charge on any atom is -0.146 e. The maximum atomic E-state index is 5.81. The van der Waals surface area contributed by atoms with Crippen LogP contribution in [0.25, 0.3) is 0 Å². The molecule has 4 heteroatoms. The predicted octanol–water partition coefficient (Wildman–Crippen LogP) is 8.54. The molecule has 146 valence electrons. The minimum absolute atomic E-state index is 0.601. The Morgan fingerprint density at radius 1 is 0.692 bits per heavy atom. The molecule has 2 unspecified atom stereocenters. The molecule has 0 saturated heterocycles. The Hall–Kier alpha value is 0.640. The number of rotatable bonds is 4. The van der Waals surface area contributed by atoms with E-state index in [1.54, 1.807) is 33.4 Å². The third kappa shape index (κ3) is 5.37. The molecule has 0 amide bonds. The fourth-order valence-corrected chi connectivity index (χ4v) is 8.71. The summed E-state index contributed by atoms with van der Waals surface area (Å²) in [7, 11) is 0. The Labute approximate surface area is 184 Å². The molecule has 0 heterocycles. The molecule has 0 aromatic rings. The van der Waals surface area contributed by atoms with E-state index < -0.39 is 29.9 Å². The van der Waals surface area contributed by atoms with Gasteiger partial charge in [0.1, 0.15) is 0 Å². The SMILES string of the molecule is CC1=C(C)C(C)[C]([Zr][C]2=C(C)C(C)=C(C)C2C)=C1C.CC[Si](Cl)(Cl)CC. The number of halogens is 2. The average molecular weight is 491 g/mol. The fourth-order valence-electron chi connectivity index (χ4n) is 3.53. The first-order valence-corrected chi connectivity index (χ1v) is 16.7. The second-order valence-electron chi connectivity index (χ2n) is 7.82. The Morgan fingerprint density at radius 2 is 1.00 bits per heavy atom. The smallest absolute Gasteiger partial charge is 0.146 e. The van der Waals surface area contributed by atoms with Crippen LogP contribution in [0.3, 0.4) is 0 Å². The van der Waals surface area contributed by atoms with Crippen molar-refractivity contribution in [3.63, 3.8) is 0 Å². The van der Waals surface area contributed by atoms with Gasteiger partial charge in [-0.3, -0.25) is 0 Å². The standard InChI is InChI=1S/2C9H13.C4H10Cl2Si.Zr/c2*1-6-5-7(2)9(4)8(6)3;1-3-7(5,6)4-2;/h2*6H,1-4H3;3-4H2,1-2H3;. The summed E-state index contributed by atoms with van der Waals surface area (Å²) in [6.45, 7) is 21.1. The van der Waals surface area contributed by atoms with Gasteiger partial charge in [-0.2, -0.15) is 0 Å². The molecular weight excluding hydrogens is 454 g/mol. The zero-order valence-electron chi connectivity index (χ0n) is 18.3. The van der Waals surface area contributed by atoms with E-state index in [9.17, 15) is 0 Å². The zero-order chi connectivity index (χ0) is 20.4. The van der Waals surface area contributed by atoms with Gasteiger partial charge < -0.3 is 0 Å². The van der Waals surface area contributed by atoms with E-state index in [1.165, 1.54) is 0 Å². The van der Waals surface area contributed by atoms with Gasteiger partial charge in [-0.1, -0.05) is 13.8 Å². The van der Waals surface area contributed by atoms with Gasteiger partial charge in [0, 0.05) is 0 Å². The van der Waals surface area contributed by atoms with Gasteiger partial charge in [-0.15, -0.1) is 22.2 Å². The first kappa shape index (κ1) is 24.7. The number of hydrogen-bond donors (Lipinski definition) is 0. The van der Waals surface area contributed by atoms with E-state index in [0.717, 1.165) is 12.1 Å². The quantitative estimate of drug-likeness (QED) is 0.274. The molecule has 2 aliphatic rings. The van der Waals surface area contributed by atoms with Crippen molar-refractivity contribution in [3.05, 3.63) is 40.0 Å². The van der Waals surface area contributed by atoms with E-state index in [2.05, 4.69) is 55.4 Å². The van der Waals surface area contributed by atoms with Crippen LogP contribution in [0.15, 0.2) is 40.0 Å². The van der Waals surface area contributed by atoms with Gasteiger partial charge in [0.15, 0.2) is 0 Å². The summed E-state index contributed by atoms with van der Waals surface area (Å²) in [6, 6.07) is 1.93. The van der Waals surface area contributed by atoms with Crippen LogP contribution in [0.4, 0.5) is 0 Å². The molecule has 2 aliphatic carbocycles. The monoisotopic (exact) mass is 488 g/mol.